The van der Waals surface area contributed by atoms with E-state index in [0.29, 0.717) is 31.6 Å². The van der Waals surface area contributed by atoms with Crippen molar-refractivity contribution in [2.75, 3.05) is 20.3 Å². The van der Waals surface area contributed by atoms with Gasteiger partial charge < -0.3 is 14.6 Å². The molecule has 0 saturated carbocycles. The molecule has 1 aromatic carbocycles. The van der Waals surface area contributed by atoms with Crippen molar-refractivity contribution < 1.29 is 36.5 Å². The van der Waals surface area contributed by atoms with Crippen molar-refractivity contribution in [1.29, 1.82) is 0 Å². The Morgan fingerprint density at radius 1 is 1.08 bits per heavy atom. The first-order chi connectivity index (χ1) is 11.5. The Balaban J connectivity index is 1.76. The van der Waals surface area contributed by atoms with Crippen LogP contribution in [-0.2, 0) is 10.3 Å². The molecule has 0 spiro atoms. The second-order valence-corrected chi connectivity index (χ2v) is 6.59. The number of aliphatic hydroxyl groups is 1. The lowest BCUT2D eigenvalue weighted by molar-refractivity contribution is -0.360. The number of morpholine rings is 1. The Morgan fingerprint density at radius 2 is 1.60 bits per heavy atom. The molecule has 1 N–H and O–H groups in total. The molecule has 0 amide bonds. The van der Waals surface area contributed by atoms with Crippen LogP contribution in [0, 0.1) is 0 Å². The lowest BCUT2D eigenvalue weighted by atomic mass is 9.77. The van der Waals surface area contributed by atoms with Crippen molar-refractivity contribution in [2.24, 2.45) is 0 Å². The molecule has 1 aromatic rings. The summed E-state index contributed by atoms with van der Waals surface area (Å²) in [6, 6.07) is 4.70. The molecule has 25 heavy (non-hydrogen) atoms. The first-order valence-corrected chi connectivity index (χ1v) is 7.78. The minimum Gasteiger partial charge on any atom is -0.426 e. The number of piperidine rings is 1. The zero-order valence-electron chi connectivity index (χ0n) is 13.4. The van der Waals surface area contributed by atoms with Gasteiger partial charge >= 0.3 is 12.3 Å². The molecule has 2 aliphatic heterocycles. The van der Waals surface area contributed by atoms with E-state index < -0.39 is 23.6 Å². The average Bonchev–Trinajstić information content (AvgIpc) is 2.48. The van der Waals surface area contributed by atoms with E-state index in [9.17, 15) is 27.1 Å². The van der Waals surface area contributed by atoms with Gasteiger partial charge in [0, 0.05) is 12.1 Å². The van der Waals surface area contributed by atoms with Gasteiger partial charge in [-0.25, -0.2) is 0 Å². The van der Waals surface area contributed by atoms with Gasteiger partial charge in [-0.3, -0.25) is 4.90 Å². The average molecular weight is 367 g/mol. The first-order valence-electron chi connectivity index (χ1n) is 7.78. The van der Waals surface area contributed by atoms with Crippen LogP contribution in [0.5, 0.6) is 5.75 Å². The highest BCUT2D eigenvalue weighted by molar-refractivity contribution is 5.32. The van der Waals surface area contributed by atoms with Gasteiger partial charge in [-0.05, 0) is 37.6 Å². The number of ether oxygens (including phenoxy) is 2. The predicted octanol–water partition coefficient (Wildman–Crippen LogP) is 2.90. The van der Waals surface area contributed by atoms with E-state index in [2.05, 4.69) is 9.64 Å². The SMILES string of the molecule is CN1C2COCC1CC(O)(c1ccc(OC(F)(F)C(F)(F)F)cc1)C2. The molecule has 4 nitrogen and oxygen atoms in total. The number of rotatable bonds is 3. The molecular formula is C16H18F5NO3. The van der Waals surface area contributed by atoms with Crippen LogP contribution in [0.25, 0.3) is 0 Å². The van der Waals surface area contributed by atoms with Gasteiger partial charge in [0.15, 0.2) is 0 Å². The molecule has 140 valence electrons. The third-order valence-corrected chi connectivity index (χ3v) is 4.89. The molecule has 9 heteroatoms. The van der Waals surface area contributed by atoms with Crippen LogP contribution < -0.4 is 4.74 Å². The molecule has 2 aliphatic rings. The third kappa shape index (κ3) is 3.45. The van der Waals surface area contributed by atoms with Crippen molar-refractivity contribution in [2.45, 2.75) is 42.8 Å². The molecule has 2 heterocycles. The number of fused-ring (bicyclic) bond motifs is 2. The summed E-state index contributed by atoms with van der Waals surface area (Å²) in [6.07, 6.45) is -10.3. The third-order valence-electron chi connectivity index (χ3n) is 4.89. The number of likely N-dealkylation sites (N-methyl/N-ethyl adjacent to an activating group) is 1. The van der Waals surface area contributed by atoms with Gasteiger partial charge in [-0.2, -0.15) is 22.0 Å². The highest BCUT2D eigenvalue weighted by Gasteiger charge is 2.61. The molecule has 2 fully saturated rings. The molecule has 0 radical (unpaired) electrons. The van der Waals surface area contributed by atoms with E-state index in [1.807, 2.05) is 7.05 Å². The Bertz CT molecular complexity index is 605. The second-order valence-electron chi connectivity index (χ2n) is 6.59. The summed E-state index contributed by atoms with van der Waals surface area (Å²) in [5.41, 5.74) is -0.725. The summed E-state index contributed by atoms with van der Waals surface area (Å²) < 4.78 is 71.7. The molecule has 0 aliphatic carbocycles. The van der Waals surface area contributed by atoms with Crippen molar-refractivity contribution in [3.63, 3.8) is 0 Å². The molecule has 3 rings (SSSR count). The highest BCUT2D eigenvalue weighted by Crippen LogP contribution is 2.41. The van der Waals surface area contributed by atoms with E-state index >= 15 is 0 Å². The summed E-state index contributed by atoms with van der Waals surface area (Å²) in [4.78, 5) is 2.14. The Morgan fingerprint density at radius 3 is 2.08 bits per heavy atom. The number of hydrogen-bond donors (Lipinski definition) is 1. The maximum absolute atomic E-state index is 12.9. The van der Waals surface area contributed by atoms with Crippen molar-refractivity contribution in [3.8, 4) is 5.75 Å². The highest BCUT2D eigenvalue weighted by atomic mass is 19.4. The van der Waals surface area contributed by atoms with E-state index in [-0.39, 0.29) is 12.1 Å². The Kier molecular flexibility index (Phi) is 4.45. The summed E-state index contributed by atoms with van der Waals surface area (Å²) in [5.74, 6) is -0.619. The standard InChI is InChI=1S/C16H18F5NO3/c1-22-11-6-14(23,7-12(22)9-24-8-11)10-2-4-13(5-3-10)25-16(20,21)15(17,18)19/h2-5,11-12,23H,6-9H2,1H3. The molecule has 2 unspecified atom stereocenters. The normalized spacial score (nSPS) is 31.0. The molecule has 2 bridgehead atoms. The van der Waals surface area contributed by atoms with Crippen LogP contribution >= 0.6 is 0 Å². The summed E-state index contributed by atoms with van der Waals surface area (Å²) >= 11 is 0. The largest absolute Gasteiger partial charge is 0.499 e. The zero-order valence-corrected chi connectivity index (χ0v) is 13.4. The van der Waals surface area contributed by atoms with Crippen LogP contribution in [0.3, 0.4) is 0 Å². The molecule has 0 aromatic heterocycles. The van der Waals surface area contributed by atoms with Crippen LogP contribution in [0.4, 0.5) is 22.0 Å². The topological polar surface area (TPSA) is 41.9 Å². The fourth-order valence-corrected chi connectivity index (χ4v) is 3.42. The number of hydrogen-bond acceptors (Lipinski definition) is 4. The van der Waals surface area contributed by atoms with Crippen molar-refractivity contribution in [1.82, 2.24) is 4.90 Å². The van der Waals surface area contributed by atoms with Crippen molar-refractivity contribution in [3.05, 3.63) is 29.8 Å². The first kappa shape index (κ1) is 18.3. The van der Waals surface area contributed by atoms with Crippen LogP contribution in [0.1, 0.15) is 18.4 Å². The summed E-state index contributed by atoms with van der Waals surface area (Å²) in [5, 5.41) is 11.0. The predicted molar refractivity (Wildman–Crippen MR) is 77.4 cm³/mol. The quantitative estimate of drug-likeness (QED) is 0.835. The van der Waals surface area contributed by atoms with E-state index in [0.717, 1.165) is 12.1 Å². The number of alkyl halides is 5. The maximum atomic E-state index is 12.9. The van der Waals surface area contributed by atoms with Gasteiger partial charge in [0.25, 0.3) is 0 Å². The number of benzene rings is 1. The van der Waals surface area contributed by atoms with Gasteiger partial charge in [0.05, 0.1) is 18.8 Å². The van der Waals surface area contributed by atoms with Gasteiger partial charge in [0.2, 0.25) is 0 Å². The number of nitrogens with zero attached hydrogens (tertiary/aromatic N) is 1. The fourth-order valence-electron chi connectivity index (χ4n) is 3.42. The van der Waals surface area contributed by atoms with E-state index in [1.54, 1.807) is 0 Å². The molecular weight excluding hydrogens is 349 g/mol. The Labute approximate surface area is 141 Å². The van der Waals surface area contributed by atoms with Gasteiger partial charge in [0.1, 0.15) is 5.75 Å². The van der Waals surface area contributed by atoms with Crippen LogP contribution in [0.2, 0.25) is 0 Å². The monoisotopic (exact) mass is 367 g/mol. The van der Waals surface area contributed by atoms with Crippen molar-refractivity contribution >= 4 is 0 Å². The lowest BCUT2D eigenvalue weighted by Gasteiger charge is -2.50. The number of halogens is 5. The van der Waals surface area contributed by atoms with E-state index in [1.165, 1.54) is 12.1 Å². The summed E-state index contributed by atoms with van der Waals surface area (Å²) in [7, 11) is 1.95. The minimum atomic E-state index is -5.80. The Hall–Kier alpha value is -1.45. The van der Waals surface area contributed by atoms with Crippen LogP contribution in [-0.4, -0.2) is 54.6 Å². The van der Waals surface area contributed by atoms with E-state index in [4.69, 9.17) is 4.74 Å². The lowest BCUT2D eigenvalue weighted by Crippen LogP contribution is -2.59. The molecule has 2 saturated heterocycles. The minimum absolute atomic E-state index is 0.0167. The second kappa shape index (κ2) is 6.07. The van der Waals surface area contributed by atoms with Gasteiger partial charge in [-0.15, -0.1) is 0 Å². The van der Waals surface area contributed by atoms with Crippen LogP contribution in [0.15, 0.2) is 24.3 Å². The maximum Gasteiger partial charge on any atom is 0.499 e. The smallest absolute Gasteiger partial charge is 0.426 e. The summed E-state index contributed by atoms with van der Waals surface area (Å²) in [6.45, 7) is 0.961. The molecule has 2 atom stereocenters. The van der Waals surface area contributed by atoms with Gasteiger partial charge in [-0.1, -0.05) is 12.1 Å². The zero-order chi connectivity index (χ0) is 18.5. The fraction of sp³-hybridized carbons (Fsp3) is 0.625.